The number of thioether (sulfide) groups is 1. The molecule has 7 heteroatoms. The molecule has 2 amide bonds. The fraction of sp³-hybridized carbons (Fsp3) is 0.444. The van der Waals surface area contributed by atoms with Crippen LogP contribution in [0.5, 0.6) is 11.5 Å². The minimum atomic E-state index is -0.211. The number of rotatable bonds is 7. The van der Waals surface area contributed by atoms with Crippen molar-refractivity contribution < 1.29 is 19.1 Å². The van der Waals surface area contributed by atoms with Crippen molar-refractivity contribution in [1.29, 1.82) is 0 Å². The van der Waals surface area contributed by atoms with E-state index < -0.39 is 0 Å². The molecule has 25 heavy (non-hydrogen) atoms. The van der Waals surface area contributed by atoms with Crippen molar-refractivity contribution in [2.24, 2.45) is 0 Å². The molecular formula is C18H24N2O4S. The lowest BCUT2D eigenvalue weighted by atomic mass is 10.1. The highest BCUT2D eigenvalue weighted by atomic mass is 32.2. The number of hydrogen-bond acceptors (Lipinski definition) is 5. The number of amides is 2. The zero-order chi connectivity index (χ0) is 18.2. The van der Waals surface area contributed by atoms with Gasteiger partial charge in [0.2, 0.25) is 0 Å². The molecule has 0 unspecified atom stereocenters. The van der Waals surface area contributed by atoms with E-state index in [1.807, 2.05) is 6.92 Å². The summed E-state index contributed by atoms with van der Waals surface area (Å²) in [7, 11) is 3.16. The van der Waals surface area contributed by atoms with Crippen molar-refractivity contribution in [3.63, 3.8) is 0 Å². The molecule has 0 N–H and O–H groups in total. The van der Waals surface area contributed by atoms with Crippen LogP contribution in [0.1, 0.15) is 18.9 Å². The molecule has 1 aliphatic heterocycles. The molecule has 0 radical (unpaired) electrons. The van der Waals surface area contributed by atoms with E-state index in [9.17, 15) is 9.59 Å². The Balaban J connectivity index is 2.10. The van der Waals surface area contributed by atoms with Crippen LogP contribution in [-0.4, -0.2) is 60.6 Å². The normalized spacial score (nSPS) is 14.2. The lowest BCUT2D eigenvalue weighted by Crippen LogP contribution is -2.45. The second-order valence-electron chi connectivity index (χ2n) is 5.41. The van der Waals surface area contributed by atoms with E-state index in [4.69, 9.17) is 9.47 Å². The molecule has 1 heterocycles. The summed E-state index contributed by atoms with van der Waals surface area (Å²) in [5.41, 5.74) is 0.744. The Kier molecular flexibility index (Phi) is 7.18. The molecular weight excluding hydrogens is 340 g/mol. The molecule has 6 nitrogen and oxygen atoms in total. The first-order chi connectivity index (χ1) is 12.1. The van der Waals surface area contributed by atoms with Gasteiger partial charge in [-0.1, -0.05) is 6.92 Å². The smallest absolute Gasteiger partial charge is 0.265 e. The summed E-state index contributed by atoms with van der Waals surface area (Å²) in [6, 6.07) is 5.38. The zero-order valence-corrected chi connectivity index (χ0v) is 15.7. The van der Waals surface area contributed by atoms with Gasteiger partial charge in [0.15, 0.2) is 0 Å². The summed E-state index contributed by atoms with van der Waals surface area (Å²) in [5, 5.41) is 3.07. The summed E-state index contributed by atoms with van der Waals surface area (Å²) in [6.07, 6.45) is 3.95. The quantitative estimate of drug-likeness (QED) is 0.696. The maximum absolute atomic E-state index is 12.5. The fourth-order valence-electron chi connectivity index (χ4n) is 2.58. The van der Waals surface area contributed by atoms with E-state index in [0.717, 1.165) is 17.7 Å². The molecule has 0 aliphatic carbocycles. The van der Waals surface area contributed by atoms with Crippen molar-refractivity contribution >= 4 is 29.7 Å². The number of hydrazine groups is 1. The topological polar surface area (TPSA) is 59.1 Å². The molecule has 0 bridgehead atoms. The lowest BCUT2D eigenvalue weighted by Gasteiger charge is -2.26. The van der Waals surface area contributed by atoms with Gasteiger partial charge >= 0.3 is 0 Å². The van der Waals surface area contributed by atoms with Crippen molar-refractivity contribution in [2.75, 3.05) is 38.8 Å². The first-order valence-electron chi connectivity index (χ1n) is 8.20. The number of ether oxygens (including phenoxy) is 2. The lowest BCUT2D eigenvalue weighted by molar-refractivity contribution is -0.152. The Morgan fingerprint density at radius 2 is 1.96 bits per heavy atom. The third-order valence-corrected chi connectivity index (χ3v) is 4.70. The van der Waals surface area contributed by atoms with Crippen molar-refractivity contribution in [1.82, 2.24) is 10.0 Å². The van der Waals surface area contributed by atoms with E-state index in [2.05, 4.69) is 0 Å². The van der Waals surface area contributed by atoms with Crippen molar-refractivity contribution in [3.05, 3.63) is 29.8 Å². The van der Waals surface area contributed by atoms with Gasteiger partial charge in [0.05, 0.1) is 20.0 Å². The van der Waals surface area contributed by atoms with Crippen LogP contribution >= 0.6 is 11.8 Å². The molecule has 1 aromatic carbocycles. The minimum Gasteiger partial charge on any atom is -0.497 e. The van der Waals surface area contributed by atoms with Crippen LogP contribution in [-0.2, 0) is 9.59 Å². The molecule has 1 aromatic rings. The Hall–Kier alpha value is -2.15. The molecule has 136 valence electrons. The molecule has 0 aromatic heterocycles. The van der Waals surface area contributed by atoms with E-state index in [-0.39, 0.29) is 11.8 Å². The van der Waals surface area contributed by atoms with Gasteiger partial charge in [0, 0.05) is 24.7 Å². The second-order valence-corrected chi connectivity index (χ2v) is 6.68. The van der Waals surface area contributed by atoms with Gasteiger partial charge in [0.25, 0.3) is 11.8 Å². The molecule has 0 saturated carbocycles. The first-order valence-corrected chi connectivity index (χ1v) is 9.35. The van der Waals surface area contributed by atoms with Gasteiger partial charge in [-0.25, -0.2) is 5.01 Å². The highest BCUT2D eigenvalue weighted by molar-refractivity contribution is 7.99. The average molecular weight is 364 g/mol. The summed E-state index contributed by atoms with van der Waals surface area (Å²) < 4.78 is 10.5. The number of carbonyl (C=O) groups excluding carboxylic acids is 2. The Morgan fingerprint density at radius 1 is 1.20 bits per heavy atom. The SMILES string of the molecule is CCSCC(=O)N1CCCN1C(=O)/C=C/c1cc(OC)ccc1OC. The number of methoxy groups -OCH3 is 2. The first kappa shape index (κ1) is 19.2. The van der Waals surface area contributed by atoms with Gasteiger partial charge in [-0.15, -0.1) is 0 Å². The van der Waals surface area contributed by atoms with Crippen LogP contribution in [0.25, 0.3) is 6.08 Å². The van der Waals surface area contributed by atoms with E-state index >= 15 is 0 Å². The van der Waals surface area contributed by atoms with Crippen LogP contribution < -0.4 is 9.47 Å². The predicted octanol–water partition coefficient (Wildman–Crippen LogP) is 2.45. The second kappa shape index (κ2) is 9.36. The Morgan fingerprint density at radius 3 is 2.64 bits per heavy atom. The van der Waals surface area contributed by atoms with Gasteiger partial charge < -0.3 is 9.47 Å². The maximum Gasteiger partial charge on any atom is 0.265 e. The van der Waals surface area contributed by atoms with Gasteiger partial charge in [-0.05, 0) is 36.4 Å². The molecule has 0 atom stereocenters. The molecule has 1 saturated heterocycles. The van der Waals surface area contributed by atoms with E-state index in [1.165, 1.54) is 11.1 Å². The monoisotopic (exact) mass is 364 g/mol. The Labute approximate surface area is 152 Å². The van der Waals surface area contributed by atoms with Crippen molar-refractivity contribution in [2.45, 2.75) is 13.3 Å². The number of carbonyl (C=O) groups is 2. The molecule has 2 rings (SSSR count). The summed E-state index contributed by atoms with van der Waals surface area (Å²) in [6.45, 7) is 3.15. The van der Waals surface area contributed by atoms with Crippen LogP contribution in [0.3, 0.4) is 0 Å². The minimum absolute atomic E-state index is 0.0231. The predicted molar refractivity (Wildman–Crippen MR) is 99.6 cm³/mol. The Bertz CT molecular complexity index is 648. The third-order valence-electron chi connectivity index (χ3n) is 3.85. The van der Waals surface area contributed by atoms with E-state index in [0.29, 0.717) is 30.3 Å². The van der Waals surface area contributed by atoms with Gasteiger partial charge in [-0.3, -0.25) is 14.6 Å². The molecule has 0 spiro atoms. The number of hydrogen-bond donors (Lipinski definition) is 0. The number of nitrogens with zero attached hydrogens (tertiary/aromatic N) is 2. The number of benzene rings is 1. The highest BCUT2D eigenvalue weighted by Gasteiger charge is 2.29. The summed E-state index contributed by atoms with van der Waals surface area (Å²) in [5.74, 6) is 2.37. The maximum atomic E-state index is 12.5. The third kappa shape index (κ3) is 4.92. The van der Waals surface area contributed by atoms with Crippen molar-refractivity contribution in [3.8, 4) is 11.5 Å². The van der Waals surface area contributed by atoms with E-state index in [1.54, 1.807) is 55.3 Å². The molecule has 1 fully saturated rings. The summed E-state index contributed by atoms with van der Waals surface area (Å²) >= 11 is 1.56. The van der Waals surface area contributed by atoms with Gasteiger partial charge in [-0.2, -0.15) is 11.8 Å². The fourth-order valence-corrected chi connectivity index (χ4v) is 3.11. The zero-order valence-electron chi connectivity index (χ0n) is 14.9. The van der Waals surface area contributed by atoms with Crippen LogP contribution in [0.15, 0.2) is 24.3 Å². The largest absolute Gasteiger partial charge is 0.497 e. The van der Waals surface area contributed by atoms with Gasteiger partial charge in [0.1, 0.15) is 11.5 Å². The van der Waals surface area contributed by atoms with Crippen LogP contribution in [0.4, 0.5) is 0 Å². The molecule has 1 aliphatic rings. The van der Waals surface area contributed by atoms with Crippen LogP contribution in [0, 0.1) is 0 Å². The standard InChI is InChI=1S/C18H24N2O4S/c1-4-25-13-18(22)20-11-5-10-19(20)17(21)9-6-14-12-15(23-2)7-8-16(14)24-3/h6-9,12H,4-5,10-11,13H2,1-3H3/b9-6+. The average Bonchev–Trinajstić information content (AvgIpc) is 3.13. The highest BCUT2D eigenvalue weighted by Crippen LogP contribution is 2.25. The summed E-state index contributed by atoms with van der Waals surface area (Å²) in [4.78, 5) is 24.8. The van der Waals surface area contributed by atoms with Crippen LogP contribution in [0.2, 0.25) is 0 Å².